The number of esters is 2. The second-order valence-corrected chi connectivity index (χ2v) is 11.6. The van der Waals surface area contributed by atoms with Gasteiger partial charge in [0.1, 0.15) is 17.7 Å². The van der Waals surface area contributed by atoms with Gasteiger partial charge in [-0.15, -0.1) is 0 Å². The van der Waals surface area contributed by atoms with Crippen molar-refractivity contribution in [3.05, 3.63) is 0 Å². The molecule has 1 saturated carbocycles. The highest BCUT2D eigenvalue weighted by molar-refractivity contribution is 5.82. The molecule has 3 atom stereocenters. The third kappa shape index (κ3) is 10.8. The van der Waals surface area contributed by atoms with Crippen LogP contribution in [0, 0.1) is 11.3 Å². The maximum Gasteiger partial charge on any atom is 0.408 e. The van der Waals surface area contributed by atoms with Gasteiger partial charge < -0.3 is 25.3 Å². The molecule has 8 heteroatoms. The number of carbonyl (C=O) groups excluding carboxylic acids is 3. The van der Waals surface area contributed by atoms with E-state index in [0.29, 0.717) is 25.2 Å². The molecule has 192 valence electrons. The summed E-state index contributed by atoms with van der Waals surface area (Å²) in [6, 6.07) is -0.886. The highest BCUT2D eigenvalue weighted by atomic mass is 16.6. The number of carbonyl (C=O) groups is 3. The van der Waals surface area contributed by atoms with Gasteiger partial charge in [0.05, 0.1) is 12.1 Å². The van der Waals surface area contributed by atoms with Gasteiger partial charge in [-0.05, 0) is 58.3 Å². The summed E-state index contributed by atoms with van der Waals surface area (Å²) in [5.41, 5.74) is 4.36. The molecule has 1 aliphatic rings. The molecule has 3 N–H and O–H groups in total. The zero-order valence-corrected chi connectivity index (χ0v) is 21.9. The number of nitrogens with one attached hydrogen (secondary N) is 1. The SMILES string of the molecule is CCC(OC(=O)CC1CCCC1)[C@](C)(N)CCOC(=O)[C@@H](NC(=O)OC(C)(C)C)C(C)(C)C. The summed E-state index contributed by atoms with van der Waals surface area (Å²) in [5, 5.41) is 2.62. The molecule has 1 unspecified atom stereocenters. The van der Waals surface area contributed by atoms with E-state index in [1.165, 1.54) is 12.8 Å². The highest BCUT2D eigenvalue weighted by Gasteiger charge is 2.37. The molecule has 0 heterocycles. The lowest BCUT2D eigenvalue weighted by molar-refractivity contribution is -0.156. The fourth-order valence-corrected chi connectivity index (χ4v) is 4.01. The molecular formula is C25H46N2O6. The number of hydrogen-bond acceptors (Lipinski definition) is 7. The van der Waals surface area contributed by atoms with Crippen LogP contribution in [0.15, 0.2) is 0 Å². The molecule has 0 aromatic rings. The number of ether oxygens (including phenoxy) is 3. The predicted octanol–water partition coefficient (Wildman–Crippen LogP) is 4.48. The molecule has 1 rings (SSSR count). The van der Waals surface area contributed by atoms with Crippen molar-refractivity contribution in [2.75, 3.05) is 6.61 Å². The first kappa shape index (κ1) is 29.2. The van der Waals surface area contributed by atoms with Crippen LogP contribution in [0.3, 0.4) is 0 Å². The summed E-state index contributed by atoms with van der Waals surface area (Å²) >= 11 is 0. The molecule has 0 saturated heterocycles. The van der Waals surface area contributed by atoms with Gasteiger partial charge in [-0.1, -0.05) is 40.5 Å². The third-order valence-electron chi connectivity index (χ3n) is 5.96. The lowest BCUT2D eigenvalue weighted by Gasteiger charge is -2.34. The molecule has 1 fully saturated rings. The number of rotatable bonds is 10. The normalized spacial score (nSPS) is 18.7. The van der Waals surface area contributed by atoms with Crippen LogP contribution in [0.1, 0.15) is 100 Å². The van der Waals surface area contributed by atoms with Crippen molar-refractivity contribution in [2.24, 2.45) is 17.1 Å². The first-order valence-corrected chi connectivity index (χ1v) is 12.2. The van der Waals surface area contributed by atoms with Gasteiger partial charge >= 0.3 is 18.0 Å². The fourth-order valence-electron chi connectivity index (χ4n) is 4.01. The number of nitrogens with two attached hydrogens (primary N) is 1. The zero-order valence-electron chi connectivity index (χ0n) is 21.9. The second kappa shape index (κ2) is 12.0. The van der Waals surface area contributed by atoms with Crippen LogP contribution >= 0.6 is 0 Å². The Hall–Kier alpha value is -1.83. The molecule has 33 heavy (non-hydrogen) atoms. The van der Waals surface area contributed by atoms with Gasteiger partial charge in [-0.3, -0.25) is 4.79 Å². The van der Waals surface area contributed by atoms with E-state index in [-0.39, 0.29) is 12.6 Å². The van der Waals surface area contributed by atoms with Crippen LogP contribution in [0.2, 0.25) is 0 Å². The van der Waals surface area contributed by atoms with Crippen LogP contribution in [-0.2, 0) is 23.8 Å². The minimum absolute atomic E-state index is 0.0467. The van der Waals surface area contributed by atoms with Gasteiger partial charge in [0.25, 0.3) is 0 Å². The Morgan fingerprint density at radius 1 is 1.03 bits per heavy atom. The van der Waals surface area contributed by atoms with Gasteiger partial charge in [-0.2, -0.15) is 0 Å². The van der Waals surface area contributed by atoms with Crippen LogP contribution in [0.5, 0.6) is 0 Å². The third-order valence-corrected chi connectivity index (χ3v) is 5.96. The van der Waals surface area contributed by atoms with E-state index < -0.39 is 40.8 Å². The Kier molecular flexibility index (Phi) is 10.7. The Morgan fingerprint density at radius 3 is 2.09 bits per heavy atom. The van der Waals surface area contributed by atoms with E-state index in [1.54, 1.807) is 27.7 Å². The number of alkyl carbamates (subject to hydrolysis) is 1. The summed E-state index contributed by atoms with van der Waals surface area (Å²) in [6.45, 7) is 14.5. The molecule has 8 nitrogen and oxygen atoms in total. The summed E-state index contributed by atoms with van der Waals surface area (Å²) < 4.78 is 16.5. The first-order valence-electron chi connectivity index (χ1n) is 12.2. The number of hydrogen-bond donors (Lipinski definition) is 2. The smallest absolute Gasteiger partial charge is 0.408 e. The predicted molar refractivity (Wildman–Crippen MR) is 128 cm³/mol. The first-order chi connectivity index (χ1) is 15.0. The fraction of sp³-hybridized carbons (Fsp3) is 0.880. The summed E-state index contributed by atoms with van der Waals surface area (Å²) in [4.78, 5) is 37.4. The van der Waals surface area contributed by atoms with E-state index in [0.717, 1.165) is 12.8 Å². The van der Waals surface area contributed by atoms with E-state index in [2.05, 4.69) is 5.32 Å². The van der Waals surface area contributed by atoms with E-state index >= 15 is 0 Å². The minimum Gasteiger partial charge on any atom is -0.464 e. The Bertz CT molecular complexity index is 657. The highest BCUT2D eigenvalue weighted by Crippen LogP contribution is 2.29. The van der Waals surface area contributed by atoms with Crippen molar-refractivity contribution in [1.29, 1.82) is 0 Å². The van der Waals surface area contributed by atoms with Crippen LogP contribution in [-0.4, -0.2) is 47.9 Å². The monoisotopic (exact) mass is 470 g/mol. The van der Waals surface area contributed by atoms with Gasteiger partial charge in [0.2, 0.25) is 0 Å². The van der Waals surface area contributed by atoms with Gasteiger partial charge in [0.15, 0.2) is 0 Å². The Balaban J connectivity index is 2.63. The quantitative estimate of drug-likeness (QED) is 0.357. The molecule has 0 bridgehead atoms. The van der Waals surface area contributed by atoms with Crippen molar-refractivity contribution >= 4 is 18.0 Å². The number of amides is 1. The molecule has 0 spiro atoms. The van der Waals surface area contributed by atoms with Crippen LogP contribution < -0.4 is 11.1 Å². The van der Waals surface area contributed by atoms with Crippen LogP contribution in [0.25, 0.3) is 0 Å². The maximum atomic E-state index is 12.8. The van der Waals surface area contributed by atoms with Crippen LogP contribution in [0.4, 0.5) is 4.79 Å². The molecule has 0 aromatic heterocycles. The lowest BCUT2D eigenvalue weighted by atomic mass is 9.86. The molecule has 1 amide bonds. The Labute approximate surface area is 199 Å². The standard InChI is InChI=1S/C25H46N2O6/c1-9-18(32-19(28)16-17-12-10-11-13-17)25(8,26)14-15-31-21(29)20(23(2,3)4)27-22(30)33-24(5,6)7/h17-18,20H,9-16,26H2,1-8H3,(H,27,30)/t18?,20-,25-/m1/s1. The molecule has 0 radical (unpaired) electrons. The second-order valence-electron chi connectivity index (χ2n) is 11.6. The topological polar surface area (TPSA) is 117 Å². The molecule has 0 aromatic carbocycles. The summed E-state index contributed by atoms with van der Waals surface area (Å²) in [6.07, 6.45) is 4.68. The maximum absolute atomic E-state index is 12.8. The van der Waals surface area contributed by atoms with Gasteiger partial charge in [-0.25, -0.2) is 9.59 Å². The van der Waals surface area contributed by atoms with Crippen molar-refractivity contribution in [3.63, 3.8) is 0 Å². The largest absolute Gasteiger partial charge is 0.464 e. The average Bonchev–Trinajstić information content (AvgIpc) is 3.14. The Morgan fingerprint density at radius 2 is 1.61 bits per heavy atom. The summed E-state index contributed by atoms with van der Waals surface area (Å²) in [5.74, 6) is -0.362. The van der Waals surface area contributed by atoms with E-state index in [1.807, 2.05) is 27.7 Å². The van der Waals surface area contributed by atoms with E-state index in [9.17, 15) is 14.4 Å². The summed E-state index contributed by atoms with van der Waals surface area (Å²) in [7, 11) is 0. The minimum atomic E-state index is -0.886. The average molecular weight is 471 g/mol. The molecular weight excluding hydrogens is 424 g/mol. The van der Waals surface area contributed by atoms with Crippen molar-refractivity contribution in [1.82, 2.24) is 5.32 Å². The molecule has 1 aliphatic carbocycles. The lowest BCUT2D eigenvalue weighted by Crippen LogP contribution is -2.52. The van der Waals surface area contributed by atoms with E-state index in [4.69, 9.17) is 19.9 Å². The van der Waals surface area contributed by atoms with Crippen molar-refractivity contribution < 1.29 is 28.6 Å². The molecule has 0 aliphatic heterocycles. The van der Waals surface area contributed by atoms with Crippen molar-refractivity contribution in [2.45, 2.75) is 124 Å². The van der Waals surface area contributed by atoms with Crippen molar-refractivity contribution in [3.8, 4) is 0 Å². The van der Waals surface area contributed by atoms with Gasteiger partial charge in [0, 0.05) is 12.8 Å². The zero-order chi connectivity index (χ0) is 25.4.